The number of allylic oxidation sites excluding steroid dienone is 1. The van der Waals surface area contributed by atoms with Crippen LogP contribution in [0.5, 0.6) is 0 Å². The third-order valence-electron chi connectivity index (χ3n) is 1.90. The summed E-state index contributed by atoms with van der Waals surface area (Å²) in [5.41, 5.74) is -0.536. The summed E-state index contributed by atoms with van der Waals surface area (Å²) in [5, 5.41) is 0. The Bertz CT molecular complexity index is 505. The van der Waals surface area contributed by atoms with Gasteiger partial charge in [0.05, 0.1) is 5.56 Å². The molecular weight excluding hydrogens is 262 g/mol. The molecule has 0 fully saturated rings. The van der Waals surface area contributed by atoms with Crippen molar-refractivity contribution < 1.29 is 0 Å². The van der Waals surface area contributed by atoms with E-state index in [1.54, 1.807) is 6.92 Å². The Hall–Kier alpha value is -1.43. The summed E-state index contributed by atoms with van der Waals surface area (Å²) in [4.78, 5) is 28.8. The van der Waals surface area contributed by atoms with E-state index in [2.05, 4.69) is 32.5 Å². The normalized spacial score (nSPS) is 11.5. The number of aliphatic imine (C=N–C) groups is 1. The van der Waals surface area contributed by atoms with Crippen LogP contribution in [0.1, 0.15) is 5.56 Å². The first-order valence-corrected chi connectivity index (χ1v) is 4.93. The minimum absolute atomic E-state index is 0.315. The highest BCUT2D eigenvalue weighted by molar-refractivity contribution is 9.18. The van der Waals surface area contributed by atoms with E-state index in [1.165, 1.54) is 17.7 Å². The fourth-order valence-electron chi connectivity index (χ4n) is 1.03. The van der Waals surface area contributed by atoms with Crippen LogP contribution < -0.4 is 11.2 Å². The molecule has 0 bridgehead atoms. The SMILES string of the molecule is C=C/C(Br)=N\c1c(C)c(=O)[nH]c(=O)n1C. The maximum Gasteiger partial charge on any atom is 0.329 e. The van der Waals surface area contributed by atoms with Gasteiger partial charge in [-0.3, -0.25) is 14.3 Å². The minimum Gasteiger partial charge on any atom is -0.281 e. The maximum absolute atomic E-state index is 11.3. The van der Waals surface area contributed by atoms with Crippen molar-refractivity contribution in [2.45, 2.75) is 6.92 Å². The highest BCUT2D eigenvalue weighted by Gasteiger charge is 2.07. The van der Waals surface area contributed by atoms with Gasteiger partial charge in [0.25, 0.3) is 5.56 Å². The zero-order valence-corrected chi connectivity index (χ0v) is 9.96. The molecule has 0 aromatic carbocycles. The zero-order valence-electron chi connectivity index (χ0n) is 8.37. The lowest BCUT2D eigenvalue weighted by atomic mass is 10.3. The van der Waals surface area contributed by atoms with Gasteiger partial charge in [-0.25, -0.2) is 9.79 Å². The van der Waals surface area contributed by atoms with Crippen molar-refractivity contribution in [3.8, 4) is 0 Å². The number of nitrogens with zero attached hydrogens (tertiary/aromatic N) is 2. The Morgan fingerprint density at radius 2 is 2.20 bits per heavy atom. The van der Waals surface area contributed by atoms with E-state index in [-0.39, 0.29) is 0 Å². The van der Waals surface area contributed by atoms with E-state index >= 15 is 0 Å². The zero-order chi connectivity index (χ0) is 11.6. The van der Waals surface area contributed by atoms with Gasteiger partial charge in [0, 0.05) is 7.05 Å². The first kappa shape index (κ1) is 11.6. The molecule has 1 rings (SSSR count). The first-order valence-electron chi connectivity index (χ1n) is 4.14. The van der Waals surface area contributed by atoms with Gasteiger partial charge in [0.15, 0.2) is 0 Å². The van der Waals surface area contributed by atoms with Crippen LogP contribution in [0.3, 0.4) is 0 Å². The second-order valence-corrected chi connectivity index (χ2v) is 3.72. The number of rotatable bonds is 2. The molecule has 0 aliphatic rings. The van der Waals surface area contributed by atoms with E-state index < -0.39 is 11.2 Å². The number of hydrogen-bond acceptors (Lipinski definition) is 3. The van der Waals surface area contributed by atoms with Crippen molar-refractivity contribution in [2.24, 2.45) is 12.0 Å². The second kappa shape index (κ2) is 4.39. The Morgan fingerprint density at radius 1 is 1.60 bits per heavy atom. The third kappa shape index (κ3) is 2.33. The van der Waals surface area contributed by atoms with Crippen LogP contribution in [-0.2, 0) is 7.05 Å². The highest BCUT2D eigenvalue weighted by Crippen LogP contribution is 2.12. The minimum atomic E-state index is -0.492. The summed E-state index contributed by atoms with van der Waals surface area (Å²) in [6.45, 7) is 5.11. The monoisotopic (exact) mass is 271 g/mol. The van der Waals surface area contributed by atoms with Crippen LogP contribution >= 0.6 is 15.9 Å². The predicted molar refractivity (Wildman–Crippen MR) is 63.3 cm³/mol. The summed E-state index contributed by atoms with van der Waals surface area (Å²) in [5.74, 6) is 0.315. The van der Waals surface area contributed by atoms with Crippen LogP contribution in [0, 0.1) is 6.92 Å². The van der Waals surface area contributed by atoms with Crippen molar-refractivity contribution in [1.29, 1.82) is 0 Å². The second-order valence-electron chi connectivity index (χ2n) is 2.91. The Morgan fingerprint density at radius 3 is 2.73 bits per heavy atom. The maximum atomic E-state index is 11.3. The summed E-state index contributed by atoms with van der Waals surface area (Å²) in [7, 11) is 1.54. The van der Waals surface area contributed by atoms with E-state index in [0.29, 0.717) is 16.0 Å². The van der Waals surface area contributed by atoms with Crippen molar-refractivity contribution >= 4 is 26.4 Å². The van der Waals surface area contributed by atoms with Gasteiger partial charge < -0.3 is 0 Å². The molecule has 5 nitrogen and oxygen atoms in total. The molecule has 1 aromatic rings. The Balaban J connectivity index is 3.61. The van der Waals surface area contributed by atoms with Gasteiger partial charge in [-0.2, -0.15) is 0 Å². The molecular formula is C9H10BrN3O2. The standard InChI is InChI=1S/C9H10BrN3O2/c1-4-6(10)11-7-5(2)8(14)12-9(15)13(7)3/h4H,1H2,2-3H3,(H,12,14,15)/b11-6+. The molecule has 1 heterocycles. The van der Waals surface area contributed by atoms with Crippen molar-refractivity contribution in [1.82, 2.24) is 9.55 Å². The van der Waals surface area contributed by atoms with Crippen LogP contribution in [0.2, 0.25) is 0 Å². The Kier molecular flexibility index (Phi) is 3.41. The molecule has 0 unspecified atom stereocenters. The van der Waals surface area contributed by atoms with Gasteiger partial charge in [-0.15, -0.1) is 0 Å². The molecule has 0 aliphatic carbocycles. The van der Waals surface area contributed by atoms with Gasteiger partial charge >= 0.3 is 5.69 Å². The number of aromatic amines is 1. The average molecular weight is 272 g/mol. The predicted octanol–water partition coefficient (Wildman–Crippen LogP) is 0.993. The largest absolute Gasteiger partial charge is 0.329 e. The molecule has 0 radical (unpaired) electrons. The fraction of sp³-hybridized carbons (Fsp3) is 0.222. The van der Waals surface area contributed by atoms with E-state index in [4.69, 9.17) is 0 Å². The molecule has 15 heavy (non-hydrogen) atoms. The summed E-state index contributed by atoms with van der Waals surface area (Å²) in [6.07, 6.45) is 1.48. The fourth-order valence-corrected chi connectivity index (χ4v) is 1.20. The molecule has 1 N–H and O–H groups in total. The van der Waals surface area contributed by atoms with E-state index in [9.17, 15) is 9.59 Å². The first-order chi connectivity index (χ1) is 6.97. The summed E-state index contributed by atoms with van der Waals surface area (Å²) in [6, 6.07) is 0. The van der Waals surface area contributed by atoms with Crippen LogP contribution in [0.15, 0.2) is 27.2 Å². The summed E-state index contributed by atoms with van der Waals surface area (Å²) < 4.78 is 1.73. The number of aromatic nitrogens is 2. The van der Waals surface area contributed by atoms with Crippen LogP contribution in [0.25, 0.3) is 0 Å². The number of H-pyrrole nitrogens is 1. The van der Waals surface area contributed by atoms with Gasteiger partial charge in [0.2, 0.25) is 0 Å². The van der Waals surface area contributed by atoms with Gasteiger partial charge in [-0.05, 0) is 28.9 Å². The van der Waals surface area contributed by atoms with Gasteiger partial charge in [0.1, 0.15) is 10.4 Å². The van der Waals surface area contributed by atoms with Crippen LogP contribution in [0.4, 0.5) is 5.82 Å². The number of halogens is 1. The topological polar surface area (TPSA) is 67.2 Å². The molecule has 0 aliphatic heterocycles. The van der Waals surface area contributed by atoms with Gasteiger partial charge in [-0.1, -0.05) is 6.58 Å². The van der Waals surface area contributed by atoms with Crippen molar-refractivity contribution in [3.05, 3.63) is 39.1 Å². The lowest BCUT2D eigenvalue weighted by Crippen LogP contribution is -2.29. The summed E-state index contributed by atoms with van der Waals surface area (Å²) >= 11 is 3.14. The molecule has 0 atom stereocenters. The molecule has 1 aromatic heterocycles. The molecule has 6 heteroatoms. The molecule has 0 saturated heterocycles. The Labute approximate surface area is 94.3 Å². The quantitative estimate of drug-likeness (QED) is 0.816. The lowest BCUT2D eigenvalue weighted by molar-refractivity contribution is 0.792. The average Bonchev–Trinajstić information content (AvgIpc) is 2.21. The lowest BCUT2D eigenvalue weighted by Gasteiger charge is -2.05. The number of nitrogens with one attached hydrogen (secondary N) is 1. The molecule has 0 saturated carbocycles. The van der Waals surface area contributed by atoms with E-state index in [0.717, 1.165) is 0 Å². The molecule has 0 amide bonds. The molecule has 0 spiro atoms. The van der Waals surface area contributed by atoms with Crippen LogP contribution in [-0.4, -0.2) is 14.2 Å². The van der Waals surface area contributed by atoms with E-state index in [1.807, 2.05) is 0 Å². The smallest absolute Gasteiger partial charge is 0.281 e. The molecule has 80 valence electrons. The van der Waals surface area contributed by atoms with Crippen molar-refractivity contribution in [2.75, 3.05) is 0 Å². The third-order valence-corrected chi connectivity index (χ3v) is 2.40. The van der Waals surface area contributed by atoms with Crippen molar-refractivity contribution in [3.63, 3.8) is 0 Å². The highest BCUT2D eigenvalue weighted by atomic mass is 79.9. The number of hydrogen-bond donors (Lipinski definition) is 1.